The van der Waals surface area contributed by atoms with Crippen LogP contribution in [0.15, 0.2) is 0 Å². The topological polar surface area (TPSA) is 19.9 Å². The van der Waals surface area contributed by atoms with E-state index in [9.17, 15) is 4.80 Å². The Balaban J connectivity index is 3.00. The Morgan fingerprint density at radius 3 is 0.958 bits per heavy atom. The zero-order chi connectivity index (χ0) is 17.9. The molecule has 145 valence electrons. The molecule has 0 saturated carbocycles. The first-order valence-corrected chi connectivity index (χ1v) is 14.4. The average molecular weight is 356 g/mol. The molecule has 1 radical (unpaired) electrons. The van der Waals surface area contributed by atoms with Crippen LogP contribution in [-0.4, -0.2) is 8.32 Å². The van der Waals surface area contributed by atoms with Crippen molar-refractivity contribution in [3.05, 3.63) is 0 Å². The molecule has 0 rings (SSSR count). The van der Waals surface area contributed by atoms with E-state index < -0.39 is 8.32 Å². The minimum Gasteiger partial charge on any atom is -0.298 e. The van der Waals surface area contributed by atoms with Crippen molar-refractivity contribution in [1.29, 1.82) is 0 Å². The molecule has 0 aromatic rings. The maximum absolute atomic E-state index is 11.6. The summed E-state index contributed by atoms with van der Waals surface area (Å²) in [6.45, 7) is 6.18. The minimum atomic E-state index is -2.02. The van der Waals surface area contributed by atoms with E-state index in [2.05, 4.69) is 6.92 Å². The van der Waals surface area contributed by atoms with Crippen molar-refractivity contribution in [2.24, 2.45) is 0 Å². The summed E-state index contributed by atoms with van der Waals surface area (Å²) in [4.78, 5) is 11.6. The average Bonchev–Trinajstić information content (AvgIpc) is 2.52. The molecule has 0 heterocycles. The Kier molecular flexibility index (Phi) is 18.1. The molecule has 0 fully saturated rings. The first-order chi connectivity index (χ1) is 11.6. The molecule has 0 bridgehead atoms. The highest BCUT2D eigenvalue weighted by Crippen LogP contribution is 2.16. The van der Waals surface area contributed by atoms with Crippen LogP contribution >= 0.6 is 0 Å². The Hall–Kier alpha value is 0.177. The van der Waals surface area contributed by atoms with Gasteiger partial charge in [0.2, 0.25) is 8.32 Å². The van der Waals surface area contributed by atoms with Crippen molar-refractivity contribution in [2.45, 2.75) is 142 Å². The van der Waals surface area contributed by atoms with E-state index in [1.165, 1.54) is 116 Å². The molecule has 1 nitrogen and oxygen atoms in total. The van der Waals surface area contributed by atoms with Crippen molar-refractivity contribution >= 4 is 8.32 Å². The summed E-state index contributed by atoms with van der Waals surface area (Å²) in [5.74, 6) is 0. The van der Waals surface area contributed by atoms with Crippen LogP contribution in [0, 0.1) is 0 Å². The van der Waals surface area contributed by atoms with Gasteiger partial charge in [0.25, 0.3) is 0 Å². The van der Waals surface area contributed by atoms with Crippen molar-refractivity contribution in [1.82, 2.24) is 0 Å². The molecule has 0 aliphatic carbocycles. The van der Waals surface area contributed by atoms with Crippen molar-refractivity contribution < 1.29 is 4.80 Å². The smallest absolute Gasteiger partial charge is 0.231 e. The van der Waals surface area contributed by atoms with Crippen LogP contribution in [0.3, 0.4) is 0 Å². The third-order valence-corrected chi connectivity index (χ3v) is 6.69. The van der Waals surface area contributed by atoms with Crippen LogP contribution in [0.5, 0.6) is 0 Å². The van der Waals surface area contributed by atoms with E-state index in [4.69, 9.17) is 0 Å². The normalized spacial score (nSPS) is 12.0. The monoisotopic (exact) mass is 355 g/mol. The van der Waals surface area contributed by atoms with Gasteiger partial charge in [0, 0.05) is 0 Å². The van der Waals surface area contributed by atoms with Gasteiger partial charge in [-0.2, -0.15) is 0 Å². The highest BCUT2D eigenvalue weighted by atomic mass is 28.4. The third-order valence-electron chi connectivity index (χ3n) is 5.13. The highest BCUT2D eigenvalue weighted by Gasteiger charge is 2.18. The first-order valence-electron chi connectivity index (χ1n) is 11.3. The Morgan fingerprint density at radius 1 is 0.458 bits per heavy atom. The zero-order valence-electron chi connectivity index (χ0n) is 17.3. The number of hydrogen-bond donors (Lipinski definition) is 0. The number of unbranched alkanes of at least 4 members (excludes halogenated alkanes) is 17. The summed E-state index contributed by atoms with van der Waals surface area (Å²) in [5.41, 5.74) is 0. The lowest BCUT2D eigenvalue weighted by molar-refractivity contribution is 0.423. The van der Waals surface area contributed by atoms with Crippen LogP contribution in [0.4, 0.5) is 0 Å². The predicted octanol–water partition coefficient (Wildman–Crippen LogP) is 8.66. The van der Waals surface area contributed by atoms with E-state index in [0.29, 0.717) is 0 Å². The Labute approximate surface area is 155 Å². The lowest BCUT2D eigenvalue weighted by Crippen LogP contribution is -2.21. The molecule has 0 aromatic heterocycles. The molecule has 24 heavy (non-hydrogen) atoms. The maximum Gasteiger partial charge on any atom is 0.231 e. The summed E-state index contributed by atoms with van der Waals surface area (Å²) in [7, 11) is -2.02. The van der Waals surface area contributed by atoms with E-state index in [-0.39, 0.29) is 0 Å². The third kappa shape index (κ3) is 22.2. The van der Waals surface area contributed by atoms with Gasteiger partial charge in [0.1, 0.15) is 0 Å². The van der Waals surface area contributed by atoms with Crippen LogP contribution in [0.2, 0.25) is 19.1 Å². The quantitative estimate of drug-likeness (QED) is 0.163. The first kappa shape index (κ1) is 24.2. The van der Waals surface area contributed by atoms with Crippen LogP contribution in [0.25, 0.3) is 0 Å². The van der Waals surface area contributed by atoms with Gasteiger partial charge in [-0.25, -0.2) is 0 Å². The van der Waals surface area contributed by atoms with Crippen LogP contribution < -0.4 is 0 Å². The van der Waals surface area contributed by atoms with Gasteiger partial charge in [0.05, 0.1) is 0 Å². The predicted molar refractivity (Wildman–Crippen MR) is 112 cm³/mol. The largest absolute Gasteiger partial charge is 0.298 e. The van der Waals surface area contributed by atoms with Gasteiger partial charge in [-0.3, -0.25) is 4.80 Å². The second-order valence-corrected chi connectivity index (χ2v) is 12.5. The van der Waals surface area contributed by atoms with E-state index in [0.717, 1.165) is 6.04 Å². The van der Waals surface area contributed by atoms with E-state index >= 15 is 0 Å². The second-order valence-electron chi connectivity index (χ2n) is 8.52. The lowest BCUT2D eigenvalue weighted by Gasteiger charge is -2.10. The lowest BCUT2D eigenvalue weighted by atomic mass is 10.0. The minimum absolute atomic E-state index is 0.978. The molecule has 0 aromatic carbocycles. The van der Waals surface area contributed by atoms with Crippen molar-refractivity contribution in [2.75, 3.05) is 0 Å². The van der Waals surface area contributed by atoms with Gasteiger partial charge in [-0.15, -0.1) is 0 Å². The SMILES string of the molecule is CCCCCCCCCCCCCCCCCCCC[Si](C)(C)[O]. The fourth-order valence-corrected chi connectivity index (χ4v) is 4.55. The van der Waals surface area contributed by atoms with Crippen molar-refractivity contribution in [3.8, 4) is 0 Å². The molecule has 0 amide bonds. The fourth-order valence-electron chi connectivity index (χ4n) is 3.45. The molecule has 0 aliphatic rings. The molecule has 0 saturated heterocycles. The van der Waals surface area contributed by atoms with Gasteiger partial charge in [0.15, 0.2) is 0 Å². The van der Waals surface area contributed by atoms with Crippen molar-refractivity contribution in [3.63, 3.8) is 0 Å². The standard InChI is InChI=1S/C22H47OSi/c1-4-5-6-7-8-9-10-11-12-13-14-15-16-17-18-19-20-21-22-24(2,3)23/h4-22H2,1-3H3. The molecular formula is C22H47OSi. The number of hydrogen-bond acceptors (Lipinski definition) is 0. The van der Waals surface area contributed by atoms with Gasteiger partial charge in [-0.1, -0.05) is 122 Å². The molecule has 0 N–H and O–H groups in total. The van der Waals surface area contributed by atoms with Gasteiger partial charge < -0.3 is 0 Å². The Bertz CT molecular complexity index is 235. The van der Waals surface area contributed by atoms with Gasteiger partial charge in [-0.05, 0) is 19.1 Å². The highest BCUT2D eigenvalue weighted by molar-refractivity contribution is 6.69. The molecule has 0 atom stereocenters. The molecule has 0 spiro atoms. The summed E-state index contributed by atoms with van der Waals surface area (Å²) in [6, 6.07) is 0.978. The zero-order valence-corrected chi connectivity index (χ0v) is 18.3. The van der Waals surface area contributed by atoms with E-state index in [1.54, 1.807) is 0 Å². The Morgan fingerprint density at radius 2 is 0.708 bits per heavy atom. The van der Waals surface area contributed by atoms with E-state index in [1.807, 2.05) is 13.1 Å². The summed E-state index contributed by atoms with van der Waals surface area (Å²) in [5, 5.41) is 0. The molecule has 2 heteroatoms. The summed E-state index contributed by atoms with van der Waals surface area (Å²) in [6.07, 6.45) is 25.4. The maximum atomic E-state index is 11.6. The second kappa shape index (κ2) is 18.0. The van der Waals surface area contributed by atoms with Gasteiger partial charge >= 0.3 is 0 Å². The summed E-state index contributed by atoms with van der Waals surface area (Å²) >= 11 is 0. The fraction of sp³-hybridized carbons (Fsp3) is 1.00. The number of rotatable bonds is 19. The molecule has 0 aliphatic heterocycles. The molecular weight excluding hydrogens is 308 g/mol. The molecule has 0 unspecified atom stereocenters. The van der Waals surface area contributed by atoms with Crippen LogP contribution in [0.1, 0.15) is 122 Å². The van der Waals surface area contributed by atoms with Crippen LogP contribution in [-0.2, 0) is 4.80 Å². The summed E-state index contributed by atoms with van der Waals surface area (Å²) < 4.78 is 0.